The van der Waals surface area contributed by atoms with Gasteiger partial charge in [0, 0.05) is 64.8 Å². The van der Waals surface area contributed by atoms with E-state index in [-0.39, 0.29) is 0 Å². The Hall–Kier alpha value is -5.56. The normalized spacial score (nSPS) is 13.2. The summed E-state index contributed by atoms with van der Waals surface area (Å²) in [5.74, 6) is 0.922. The van der Waals surface area contributed by atoms with Gasteiger partial charge < -0.3 is 9.80 Å². The van der Waals surface area contributed by atoms with Crippen LogP contribution in [0.2, 0.25) is 0 Å². The lowest BCUT2D eigenvalue weighted by Crippen LogP contribution is -2.37. The molecule has 0 aliphatic carbocycles. The lowest BCUT2D eigenvalue weighted by atomic mass is 10.0. The Bertz CT molecular complexity index is 2490. The number of hydrogen-bond acceptors (Lipinski definition) is 6. The van der Waals surface area contributed by atoms with Crippen molar-refractivity contribution in [1.29, 1.82) is 0 Å². The zero-order valence-corrected chi connectivity index (χ0v) is 27.5. The molecule has 3 aromatic heterocycles. The van der Waals surface area contributed by atoms with Crippen LogP contribution in [0.4, 0.5) is 22.9 Å². The smallest absolute Gasteiger partial charge is 0.160 e. The highest BCUT2D eigenvalue weighted by Crippen LogP contribution is 2.44. The molecule has 1 aliphatic heterocycles. The van der Waals surface area contributed by atoms with Gasteiger partial charge in [-0.05, 0) is 58.7 Å². The van der Waals surface area contributed by atoms with Gasteiger partial charge >= 0.3 is 0 Å². The Morgan fingerprint density at radius 3 is 1.65 bits per heavy atom. The molecule has 0 N–H and O–H groups in total. The number of hydrogen-bond donors (Lipinski definition) is 0. The number of thiophene rings is 2. The number of fused-ring (bicyclic) bond motifs is 7. The number of nitrogens with zero attached hydrogens (tertiary/aromatic N) is 4. The van der Waals surface area contributed by atoms with Crippen molar-refractivity contribution in [2.75, 3.05) is 22.9 Å². The second-order valence-electron chi connectivity index (χ2n) is 12.2. The van der Waals surface area contributed by atoms with Crippen molar-refractivity contribution < 1.29 is 0 Å². The first-order valence-corrected chi connectivity index (χ1v) is 17.8. The van der Waals surface area contributed by atoms with E-state index in [9.17, 15) is 0 Å². The van der Waals surface area contributed by atoms with E-state index in [2.05, 4.69) is 148 Å². The van der Waals surface area contributed by atoms with Crippen molar-refractivity contribution in [3.63, 3.8) is 0 Å². The topological polar surface area (TPSA) is 32.3 Å². The minimum Gasteiger partial charge on any atom is -0.335 e. The molecule has 6 heteroatoms. The third-order valence-corrected chi connectivity index (χ3v) is 12.0. The second-order valence-corrected chi connectivity index (χ2v) is 14.3. The molecule has 0 saturated carbocycles. The van der Waals surface area contributed by atoms with Crippen LogP contribution in [0.1, 0.15) is 0 Å². The van der Waals surface area contributed by atoms with E-state index in [1.165, 1.54) is 62.6 Å². The molecule has 0 spiro atoms. The molecule has 4 heterocycles. The second kappa shape index (κ2) is 11.0. The van der Waals surface area contributed by atoms with Crippen molar-refractivity contribution in [3.05, 3.63) is 146 Å². The predicted octanol–water partition coefficient (Wildman–Crippen LogP) is 11.8. The van der Waals surface area contributed by atoms with Crippen LogP contribution in [-0.2, 0) is 0 Å². The first kappa shape index (κ1) is 27.5. The summed E-state index contributed by atoms with van der Waals surface area (Å²) in [4.78, 5) is 14.0. The fraction of sp³-hybridized carbons (Fsp3) is 0.0476. The van der Waals surface area contributed by atoms with Crippen LogP contribution in [0.3, 0.4) is 0 Å². The van der Waals surface area contributed by atoms with Gasteiger partial charge in [0.2, 0.25) is 0 Å². The molecule has 0 bridgehead atoms. The number of anilines is 4. The Kier molecular flexibility index (Phi) is 6.32. The minimum absolute atomic E-state index is 0.802. The van der Waals surface area contributed by atoms with Gasteiger partial charge in [-0.1, -0.05) is 97.1 Å². The van der Waals surface area contributed by atoms with Crippen LogP contribution < -0.4 is 9.80 Å². The largest absolute Gasteiger partial charge is 0.335 e. The highest BCUT2D eigenvalue weighted by molar-refractivity contribution is 7.26. The molecule has 10 rings (SSSR count). The zero-order valence-electron chi connectivity index (χ0n) is 25.9. The summed E-state index contributed by atoms with van der Waals surface area (Å²) in [6.07, 6.45) is 3.62. The number of aromatic nitrogens is 2. The maximum Gasteiger partial charge on any atom is 0.160 e. The van der Waals surface area contributed by atoms with Crippen LogP contribution in [0.5, 0.6) is 0 Å². The average molecular weight is 653 g/mol. The number of rotatable bonds is 4. The van der Waals surface area contributed by atoms with Gasteiger partial charge in [0.25, 0.3) is 0 Å². The van der Waals surface area contributed by atoms with Gasteiger partial charge in [-0.15, -0.1) is 22.7 Å². The van der Waals surface area contributed by atoms with Gasteiger partial charge in [0.15, 0.2) is 5.82 Å². The summed E-state index contributed by atoms with van der Waals surface area (Å²) in [7, 11) is 0. The molecule has 0 fully saturated rings. The van der Waals surface area contributed by atoms with Crippen molar-refractivity contribution in [2.45, 2.75) is 0 Å². The van der Waals surface area contributed by atoms with E-state index in [4.69, 9.17) is 4.98 Å². The van der Waals surface area contributed by atoms with E-state index in [0.717, 1.165) is 36.0 Å². The van der Waals surface area contributed by atoms with Crippen LogP contribution in [0.25, 0.3) is 62.6 Å². The molecule has 0 radical (unpaired) electrons. The molecule has 228 valence electrons. The molecule has 4 nitrogen and oxygen atoms in total. The first-order chi connectivity index (χ1) is 23.8. The van der Waals surface area contributed by atoms with Gasteiger partial charge in [-0.3, -0.25) is 0 Å². The summed E-state index contributed by atoms with van der Waals surface area (Å²) >= 11 is 3.74. The van der Waals surface area contributed by atoms with Gasteiger partial charge in [-0.25, -0.2) is 9.97 Å². The van der Waals surface area contributed by atoms with Crippen LogP contribution >= 0.6 is 22.7 Å². The molecule has 48 heavy (non-hydrogen) atoms. The Morgan fingerprint density at radius 2 is 1.02 bits per heavy atom. The van der Waals surface area contributed by atoms with Crippen LogP contribution in [-0.4, -0.2) is 23.1 Å². The van der Waals surface area contributed by atoms with E-state index in [0.29, 0.717) is 0 Å². The monoisotopic (exact) mass is 652 g/mol. The van der Waals surface area contributed by atoms with E-state index >= 15 is 0 Å². The summed E-state index contributed by atoms with van der Waals surface area (Å²) in [5, 5.41) is 5.27. The Morgan fingerprint density at radius 1 is 0.500 bits per heavy atom. The Balaban J connectivity index is 1.03. The maximum absolute atomic E-state index is 4.86. The van der Waals surface area contributed by atoms with Crippen molar-refractivity contribution in [1.82, 2.24) is 9.97 Å². The summed E-state index contributed by atoms with van der Waals surface area (Å²) < 4.78 is 5.30. The SMILES string of the molecule is c1cc(-c2cccc3c2sc2ccccc23)cc(N2CCN(c3cccc(-c4cccc5c4sc4ccccc45)c3)c3ncncc32)c1. The van der Waals surface area contributed by atoms with Crippen molar-refractivity contribution in [3.8, 4) is 22.3 Å². The highest BCUT2D eigenvalue weighted by atomic mass is 32.1. The quantitative estimate of drug-likeness (QED) is 0.189. The molecule has 0 atom stereocenters. The van der Waals surface area contributed by atoms with Gasteiger partial charge in [0.05, 0.1) is 6.20 Å². The average Bonchev–Trinajstić information content (AvgIpc) is 3.73. The molecule has 1 aliphatic rings. The summed E-state index contributed by atoms with van der Waals surface area (Å²) in [6, 6.07) is 48.6. The zero-order chi connectivity index (χ0) is 31.6. The molecule has 0 amide bonds. The maximum atomic E-state index is 4.86. The molecule has 0 unspecified atom stereocenters. The summed E-state index contributed by atoms with van der Waals surface area (Å²) in [6.45, 7) is 1.61. The van der Waals surface area contributed by atoms with Crippen molar-refractivity contribution >= 4 is 85.9 Å². The van der Waals surface area contributed by atoms with Gasteiger partial charge in [-0.2, -0.15) is 0 Å². The van der Waals surface area contributed by atoms with Crippen LogP contribution in [0, 0.1) is 0 Å². The molecule has 6 aromatic carbocycles. The standard InChI is InChI=1S/C42H28N4S2/c1-3-19-38-33(13-1)35-17-7-15-31(40(35)47-38)27-9-5-11-29(23-27)45-21-22-46(42-37(45)25-43-26-44-42)30-12-6-10-28(24-30)32-16-8-18-36-34-14-2-4-20-39(34)48-41(32)36/h1-20,23-26H,21-22H2. The fourth-order valence-electron chi connectivity index (χ4n) is 7.29. The molecular formula is C42H28N4S2. The predicted molar refractivity (Wildman–Crippen MR) is 206 cm³/mol. The molecule has 0 saturated heterocycles. The summed E-state index contributed by atoms with van der Waals surface area (Å²) in [5.41, 5.74) is 8.26. The third-order valence-electron chi connectivity index (χ3n) is 9.51. The number of benzene rings is 6. The molecular weight excluding hydrogens is 625 g/mol. The lowest BCUT2D eigenvalue weighted by molar-refractivity contribution is 0.825. The lowest BCUT2D eigenvalue weighted by Gasteiger charge is -2.37. The van der Waals surface area contributed by atoms with Crippen LogP contribution in [0.15, 0.2) is 146 Å². The van der Waals surface area contributed by atoms with E-state index in [1.54, 1.807) is 6.33 Å². The van der Waals surface area contributed by atoms with Gasteiger partial charge in [0.1, 0.15) is 12.0 Å². The Labute approximate surface area is 285 Å². The molecule has 9 aromatic rings. The van der Waals surface area contributed by atoms with Crippen molar-refractivity contribution in [2.24, 2.45) is 0 Å². The fourth-order valence-corrected chi connectivity index (χ4v) is 9.77. The minimum atomic E-state index is 0.802. The third kappa shape index (κ3) is 4.34. The first-order valence-electron chi connectivity index (χ1n) is 16.2. The highest BCUT2D eigenvalue weighted by Gasteiger charge is 2.27. The van der Waals surface area contributed by atoms with E-state index < -0.39 is 0 Å². The van der Waals surface area contributed by atoms with E-state index in [1.807, 2.05) is 28.9 Å².